The van der Waals surface area contributed by atoms with E-state index in [1.165, 1.54) is 5.56 Å². The predicted octanol–water partition coefficient (Wildman–Crippen LogP) is 3.23. The number of ether oxygens (including phenoxy) is 1. The molecule has 1 heterocycles. The molecule has 0 amide bonds. The van der Waals surface area contributed by atoms with Crippen LogP contribution in [0, 0.1) is 5.82 Å². The van der Waals surface area contributed by atoms with Gasteiger partial charge in [-0.25, -0.2) is 4.39 Å². The summed E-state index contributed by atoms with van der Waals surface area (Å²) in [4.78, 5) is 0. The molecule has 112 valence electrons. The van der Waals surface area contributed by atoms with E-state index in [2.05, 4.69) is 10.2 Å². The fraction of sp³-hybridized carbons (Fsp3) is 0.467. The van der Waals surface area contributed by atoms with Crippen LogP contribution in [0.15, 0.2) is 29.7 Å². The molecule has 1 aliphatic rings. The Balaban J connectivity index is 1.71. The van der Waals surface area contributed by atoms with Crippen molar-refractivity contribution < 1.29 is 9.13 Å². The fourth-order valence-corrected chi connectivity index (χ4v) is 3.86. The highest BCUT2D eigenvalue weighted by Crippen LogP contribution is 2.44. The first kappa shape index (κ1) is 14.5. The molecule has 0 aliphatic heterocycles. The van der Waals surface area contributed by atoms with E-state index in [1.807, 2.05) is 10.6 Å². The largest absolute Gasteiger partial charge is 0.385 e. The van der Waals surface area contributed by atoms with Gasteiger partial charge < -0.3 is 9.30 Å². The Kier molecular flexibility index (Phi) is 4.55. The number of thioether (sulfide) groups is 1. The molecule has 21 heavy (non-hydrogen) atoms. The van der Waals surface area contributed by atoms with E-state index in [0.29, 0.717) is 0 Å². The Morgan fingerprint density at radius 3 is 3.24 bits per heavy atom. The lowest BCUT2D eigenvalue weighted by Gasteiger charge is -2.12. The van der Waals surface area contributed by atoms with Gasteiger partial charge in [0.2, 0.25) is 0 Å². The zero-order valence-electron chi connectivity index (χ0n) is 12.0. The highest BCUT2D eigenvalue weighted by molar-refractivity contribution is 7.99. The van der Waals surface area contributed by atoms with Gasteiger partial charge in [-0.3, -0.25) is 0 Å². The molecule has 6 heteroatoms. The molecule has 1 atom stereocenters. The molecule has 0 fully saturated rings. The van der Waals surface area contributed by atoms with Crippen LogP contribution in [0.5, 0.6) is 0 Å². The minimum atomic E-state index is -0.164. The molecule has 4 nitrogen and oxygen atoms in total. The highest BCUT2D eigenvalue weighted by Gasteiger charge is 2.25. The topological polar surface area (TPSA) is 39.9 Å². The zero-order valence-corrected chi connectivity index (χ0v) is 12.8. The second-order valence-electron chi connectivity index (χ2n) is 5.14. The first-order valence-corrected chi connectivity index (χ1v) is 7.97. The second kappa shape index (κ2) is 6.58. The molecule has 0 saturated heterocycles. The van der Waals surface area contributed by atoms with Crippen LogP contribution >= 0.6 is 11.8 Å². The smallest absolute Gasteiger partial charge is 0.191 e. The van der Waals surface area contributed by atoms with Gasteiger partial charge >= 0.3 is 0 Å². The molecule has 2 aromatic rings. The monoisotopic (exact) mass is 307 g/mol. The summed E-state index contributed by atoms with van der Waals surface area (Å²) in [5.41, 5.74) is 2.35. The van der Waals surface area contributed by atoms with Crippen molar-refractivity contribution in [3.05, 3.63) is 41.5 Å². The van der Waals surface area contributed by atoms with Gasteiger partial charge in [-0.2, -0.15) is 0 Å². The maximum absolute atomic E-state index is 13.4. The quantitative estimate of drug-likeness (QED) is 0.768. The standard InChI is InChI=1S/C15H18FN3OS/c1-20-8-2-7-19-10-17-18-15(19)21-14-6-4-11-3-5-12(16)9-13(11)14/h3,5,9-10,14H,2,4,6-8H2,1H3/t14-/m0/s1. The van der Waals surface area contributed by atoms with Gasteiger partial charge in [0.25, 0.3) is 0 Å². The molecular weight excluding hydrogens is 289 g/mol. The summed E-state index contributed by atoms with van der Waals surface area (Å²) < 4.78 is 20.6. The van der Waals surface area contributed by atoms with Crippen molar-refractivity contribution >= 4 is 11.8 Å². The number of hydrogen-bond acceptors (Lipinski definition) is 4. The molecule has 3 rings (SSSR count). The van der Waals surface area contributed by atoms with Crippen molar-refractivity contribution in [2.45, 2.75) is 36.2 Å². The third-order valence-corrected chi connectivity index (χ3v) is 5.01. The van der Waals surface area contributed by atoms with Crippen molar-refractivity contribution in [2.75, 3.05) is 13.7 Å². The Labute approximate surface area is 127 Å². The first-order chi connectivity index (χ1) is 10.3. The molecule has 1 aromatic carbocycles. The van der Waals surface area contributed by atoms with E-state index in [9.17, 15) is 4.39 Å². The minimum Gasteiger partial charge on any atom is -0.385 e. The average Bonchev–Trinajstić information content (AvgIpc) is 3.08. The molecular formula is C15H18FN3OS. The lowest BCUT2D eigenvalue weighted by atomic mass is 10.1. The van der Waals surface area contributed by atoms with Gasteiger partial charge in [0.05, 0.1) is 0 Å². The summed E-state index contributed by atoms with van der Waals surface area (Å²) in [6, 6.07) is 5.10. The molecule has 0 radical (unpaired) electrons. The summed E-state index contributed by atoms with van der Waals surface area (Å²) in [6.07, 6.45) is 4.71. The first-order valence-electron chi connectivity index (χ1n) is 7.09. The molecule has 0 unspecified atom stereocenters. The van der Waals surface area contributed by atoms with Gasteiger partial charge in [0.15, 0.2) is 5.16 Å². The number of benzene rings is 1. The molecule has 0 saturated carbocycles. The molecule has 0 bridgehead atoms. The van der Waals surface area contributed by atoms with Gasteiger partial charge in [0, 0.05) is 25.5 Å². The van der Waals surface area contributed by atoms with Crippen molar-refractivity contribution in [1.29, 1.82) is 0 Å². The minimum absolute atomic E-state index is 0.164. The number of nitrogens with zero attached hydrogens (tertiary/aromatic N) is 3. The Morgan fingerprint density at radius 1 is 1.48 bits per heavy atom. The highest BCUT2D eigenvalue weighted by atomic mass is 32.2. The van der Waals surface area contributed by atoms with E-state index in [-0.39, 0.29) is 11.1 Å². The molecule has 0 spiro atoms. The summed E-state index contributed by atoms with van der Waals surface area (Å²) in [5.74, 6) is -0.164. The molecule has 1 aromatic heterocycles. The number of aryl methyl sites for hydroxylation is 2. The summed E-state index contributed by atoms with van der Waals surface area (Å²) in [5, 5.41) is 9.35. The van der Waals surface area contributed by atoms with E-state index < -0.39 is 0 Å². The van der Waals surface area contributed by atoms with Crippen LogP contribution in [0.3, 0.4) is 0 Å². The number of methoxy groups -OCH3 is 1. The zero-order chi connectivity index (χ0) is 14.7. The SMILES string of the molecule is COCCCn1cnnc1S[C@H]1CCc2ccc(F)cc21. The Morgan fingerprint density at radius 2 is 2.38 bits per heavy atom. The number of hydrogen-bond donors (Lipinski definition) is 0. The van der Waals surface area contributed by atoms with Crippen LogP contribution in [0.1, 0.15) is 29.2 Å². The Bertz CT molecular complexity index is 617. The third kappa shape index (κ3) is 3.27. The summed E-state index contributed by atoms with van der Waals surface area (Å²) in [6.45, 7) is 1.56. The number of rotatable bonds is 6. The van der Waals surface area contributed by atoms with Crippen LogP contribution < -0.4 is 0 Å². The number of fused-ring (bicyclic) bond motifs is 1. The van der Waals surface area contributed by atoms with Gasteiger partial charge in [-0.05, 0) is 42.5 Å². The van der Waals surface area contributed by atoms with Crippen LogP contribution in [0.4, 0.5) is 4.39 Å². The lowest BCUT2D eigenvalue weighted by Crippen LogP contribution is -2.03. The van der Waals surface area contributed by atoms with E-state index in [1.54, 1.807) is 37.3 Å². The maximum atomic E-state index is 13.4. The van der Waals surface area contributed by atoms with E-state index in [4.69, 9.17) is 4.74 Å². The molecule has 1 aliphatic carbocycles. The van der Waals surface area contributed by atoms with Gasteiger partial charge in [0.1, 0.15) is 12.1 Å². The lowest BCUT2D eigenvalue weighted by molar-refractivity contribution is 0.189. The average molecular weight is 307 g/mol. The van der Waals surface area contributed by atoms with Crippen LogP contribution in [-0.4, -0.2) is 28.5 Å². The Hall–Kier alpha value is -1.40. The van der Waals surface area contributed by atoms with Crippen molar-refractivity contribution in [1.82, 2.24) is 14.8 Å². The van der Waals surface area contributed by atoms with Crippen molar-refractivity contribution in [3.8, 4) is 0 Å². The normalized spacial score (nSPS) is 17.1. The van der Waals surface area contributed by atoms with Gasteiger partial charge in [-0.1, -0.05) is 17.8 Å². The maximum Gasteiger partial charge on any atom is 0.191 e. The van der Waals surface area contributed by atoms with E-state index >= 15 is 0 Å². The van der Waals surface area contributed by atoms with Crippen molar-refractivity contribution in [2.24, 2.45) is 0 Å². The molecule has 0 N–H and O–H groups in total. The predicted molar refractivity (Wildman–Crippen MR) is 79.8 cm³/mol. The summed E-state index contributed by atoms with van der Waals surface area (Å²) in [7, 11) is 1.70. The van der Waals surface area contributed by atoms with Gasteiger partial charge in [-0.15, -0.1) is 10.2 Å². The van der Waals surface area contributed by atoms with Crippen LogP contribution in [0.25, 0.3) is 0 Å². The number of aromatic nitrogens is 3. The fourth-order valence-electron chi connectivity index (χ4n) is 2.65. The van der Waals surface area contributed by atoms with E-state index in [0.717, 1.165) is 43.1 Å². The summed E-state index contributed by atoms with van der Waals surface area (Å²) >= 11 is 1.68. The van der Waals surface area contributed by atoms with Crippen LogP contribution in [0.2, 0.25) is 0 Å². The third-order valence-electron chi connectivity index (χ3n) is 3.71. The second-order valence-corrected chi connectivity index (χ2v) is 6.31. The van der Waals surface area contributed by atoms with Crippen molar-refractivity contribution in [3.63, 3.8) is 0 Å². The van der Waals surface area contributed by atoms with Crippen LogP contribution in [-0.2, 0) is 17.7 Å². The number of halogens is 1.